The molecule has 0 atom stereocenters. The summed E-state index contributed by atoms with van der Waals surface area (Å²) in [5.74, 6) is -0.0962. The molecule has 0 bridgehead atoms. The second-order valence-electron chi connectivity index (χ2n) is 8.09. The molecule has 4 rings (SSSR count). The Balaban J connectivity index is 1.60. The predicted molar refractivity (Wildman–Crippen MR) is 132 cm³/mol. The first kappa shape index (κ1) is 24.7. The third-order valence-electron chi connectivity index (χ3n) is 5.82. The van der Waals surface area contributed by atoms with E-state index in [1.54, 1.807) is 53.6 Å². The summed E-state index contributed by atoms with van der Waals surface area (Å²) in [5.41, 5.74) is 1.47. The van der Waals surface area contributed by atoms with E-state index < -0.39 is 5.97 Å². The molecule has 1 aromatic carbocycles. The zero-order valence-electron chi connectivity index (χ0n) is 20.0. The summed E-state index contributed by atoms with van der Waals surface area (Å²) >= 11 is 0. The van der Waals surface area contributed by atoms with Crippen LogP contribution < -0.4 is 15.0 Å². The van der Waals surface area contributed by atoms with Crippen LogP contribution in [0.4, 0.5) is 0 Å². The second kappa shape index (κ2) is 11.4. The lowest BCUT2D eigenvalue weighted by molar-refractivity contribution is 0.0592. The minimum atomic E-state index is -0.610. The fourth-order valence-electron chi connectivity index (χ4n) is 4.08. The lowest BCUT2D eigenvalue weighted by Crippen LogP contribution is -2.34. The van der Waals surface area contributed by atoms with Crippen molar-refractivity contribution < 1.29 is 23.8 Å². The molecular weight excluding hydrogens is 462 g/mol. The molecule has 0 spiro atoms. The topological polar surface area (TPSA) is 100.0 Å². The summed E-state index contributed by atoms with van der Waals surface area (Å²) in [6, 6.07) is 13.6. The van der Waals surface area contributed by atoms with E-state index in [0.29, 0.717) is 42.4 Å². The monoisotopic (exact) mass is 489 g/mol. The Morgan fingerprint density at radius 3 is 2.69 bits per heavy atom. The van der Waals surface area contributed by atoms with Gasteiger partial charge < -0.3 is 23.7 Å². The highest BCUT2D eigenvalue weighted by atomic mass is 16.5. The number of methoxy groups -OCH3 is 1. The van der Waals surface area contributed by atoms with Gasteiger partial charge in [0.1, 0.15) is 30.3 Å². The maximum Gasteiger partial charge on any atom is 0.343 e. The first-order chi connectivity index (χ1) is 17.5. The molecule has 0 N–H and O–H groups in total. The number of hydrogen-bond donors (Lipinski definition) is 0. The maximum absolute atomic E-state index is 13.3. The van der Waals surface area contributed by atoms with Gasteiger partial charge in [-0.1, -0.05) is 24.8 Å². The number of carbonyl (C=O) groups excluding carboxylic acids is 2. The van der Waals surface area contributed by atoms with Crippen molar-refractivity contribution >= 4 is 11.9 Å². The number of pyridine rings is 2. The first-order valence-corrected chi connectivity index (χ1v) is 11.5. The van der Waals surface area contributed by atoms with E-state index in [1.165, 1.54) is 17.7 Å². The molecule has 0 radical (unpaired) electrons. The number of hydrogen-bond acceptors (Lipinski definition) is 7. The van der Waals surface area contributed by atoms with Crippen molar-refractivity contribution in [3.05, 3.63) is 100 Å². The largest absolute Gasteiger partial charge is 0.490 e. The minimum Gasteiger partial charge on any atom is -0.490 e. The molecule has 0 aliphatic carbocycles. The van der Waals surface area contributed by atoms with E-state index in [1.807, 2.05) is 6.07 Å². The Morgan fingerprint density at radius 1 is 1.08 bits per heavy atom. The highest BCUT2D eigenvalue weighted by Gasteiger charge is 2.28. The summed E-state index contributed by atoms with van der Waals surface area (Å²) < 4.78 is 17.9. The predicted octanol–water partition coefficient (Wildman–Crippen LogP) is 2.87. The first-order valence-electron chi connectivity index (χ1n) is 11.5. The Kier molecular flexibility index (Phi) is 7.79. The van der Waals surface area contributed by atoms with Crippen molar-refractivity contribution in [2.75, 3.05) is 26.8 Å². The van der Waals surface area contributed by atoms with Crippen LogP contribution in [0.25, 0.3) is 0 Å². The van der Waals surface area contributed by atoms with E-state index in [0.717, 1.165) is 0 Å². The average molecular weight is 490 g/mol. The Bertz CT molecular complexity index is 1320. The number of benzene rings is 1. The standard InChI is InChI=1S/C27H27N3O6/c1-3-15-35-21-9-6-7-19(16-21)26(32)29-12-10-22-25(27(33)34-2)23(17-24(31)30(22)14-13-29)36-18-20-8-4-5-11-28-20/h3-9,11,16-17H,1,10,12-15,18H2,2H3. The van der Waals surface area contributed by atoms with Gasteiger partial charge in [-0.25, -0.2) is 4.79 Å². The van der Waals surface area contributed by atoms with Crippen molar-refractivity contribution in [1.82, 2.24) is 14.5 Å². The van der Waals surface area contributed by atoms with Gasteiger partial charge in [-0.2, -0.15) is 0 Å². The minimum absolute atomic E-state index is 0.0859. The van der Waals surface area contributed by atoms with Gasteiger partial charge in [0.15, 0.2) is 0 Å². The van der Waals surface area contributed by atoms with Gasteiger partial charge in [-0.05, 0) is 30.3 Å². The number of aromatic nitrogens is 2. The Morgan fingerprint density at radius 2 is 1.94 bits per heavy atom. The van der Waals surface area contributed by atoms with Crippen LogP contribution in [0.2, 0.25) is 0 Å². The fraction of sp³-hybridized carbons (Fsp3) is 0.259. The van der Waals surface area contributed by atoms with Gasteiger partial charge in [-0.15, -0.1) is 0 Å². The summed E-state index contributed by atoms with van der Waals surface area (Å²) in [5, 5.41) is 0. The van der Waals surface area contributed by atoms with Gasteiger partial charge in [0.2, 0.25) is 0 Å². The maximum atomic E-state index is 13.3. The molecule has 9 nitrogen and oxygen atoms in total. The van der Waals surface area contributed by atoms with Crippen molar-refractivity contribution in [3.8, 4) is 11.5 Å². The van der Waals surface area contributed by atoms with Crippen LogP contribution in [0.1, 0.15) is 32.1 Å². The van der Waals surface area contributed by atoms with Gasteiger partial charge in [0.25, 0.3) is 11.5 Å². The molecule has 9 heteroatoms. The number of nitrogens with zero attached hydrogens (tertiary/aromatic N) is 3. The summed E-state index contributed by atoms with van der Waals surface area (Å²) in [6.45, 7) is 4.90. The fourth-order valence-corrected chi connectivity index (χ4v) is 4.08. The number of carbonyl (C=O) groups is 2. The molecular formula is C27H27N3O6. The highest BCUT2D eigenvalue weighted by molar-refractivity contribution is 5.95. The van der Waals surface area contributed by atoms with E-state index in [4.69, 9.17) is 14.2 Å². The molecule has 1 aliphatic rings. The molecule has 0 unspecified atom stereocenters. The van der Waals surface area contributed by atoms with E-state index in [9.17, 15) is 14.4 Å². The molecule has 1 aliphatic heterocycles. The van der Waals surface area contributed by atoms with Crippen molar-refractivity contribution in [3.63, 3.8) is 0 Å². The second-order valence-corrected chi connectivity index (χ2v) is 8.09. The number of esters is 1. The average Bonchev–Trinajstić information content (AvgIpc) is 3.14. The lowest BCUT2D eigenvalue weighted by Gasteiger charge is -2.20. The molecule has 3 aromatic rings. The van der Waals surface area contributed by atoms with Crippen LogP contribution in [0.5, 0.6) is 11.5 Å². The van der Waals surface area contributed by atoms with Gasteiger partial charge in [0.05, 0.1) is 12.8 Å². The summed E-state index contributed by atoms with van der Waals surface area (Å²) in [6.07, 6.45) is 3.54. The number of amides is 1. The van der Waals surface area contributed by atoms with Crippen molar-refractivity contribution in [2.45, 2.75) is 19.6 Å². The van der Waals surface area contributed by atoms with Crippen molar-refractivity contribution in [2.24, 2.45) is 0 Å². The van der Waals surface area contributed by atoms with Crippen LogP contribution >= 0.6 is 0 Å². The van der Waals surface area contributed by atoms with Crippen LogP contribution in [-0.4, -0.2) is 53.1 Å². The smallest absolute Gasteiger partial charge is 0.343 e. The molecule has 0 saturated heterocycles. The van der Waals surface area contributed by atoms with E-state index >= 15 is 0 Å². The Hall–Kier alpha value is -4.40. The zero-order chi connectivity index (χ0) is 25.5. The SMILES string of the molecule is C=CCOc1cccc(C(=O)N2CCc3c(C(=O)OC)c(OCc4ccccn4)cc(=O)n3CC2)c1. The number of fused-ring (bicyclic) bond motifs is 1. The molecule has 186 valence electrons. The molecule has 1 amide bonds. The van der Waals surface area contributed by atoms with Crippen LogP contribution in [-0.2, 0) is 24.3 Å². The normalized spacial score (nSPS) is 12.8. The van der Waals surface area contributed by atoms with Gasteiger partial charge >= 0.3 is 5.97 Å². The van der Waals surface area contributed by atoms with Crippen LogP contribution in [0.15, 0.2) is 72.2 Å². The third kappa shape index (κ3) is 5.46. The van der Waals surface area contributed by atoms with Crippen molar-refractivity contribution in [1.29, 1.82) is 0 Å². The molecule has 3 heterocycles. The van der Waals surface area contributed by atoms with Gasteiger partial charge in [-0.3, -0.25) is 14.6 Å². The van der Waals surface area contributed by atoms with Gasteiger partial charge in [0, 0.05) is 49.6 Å². The molecule has 0 fully saturated rings. The third-order valence-corrected chi connectivity index (χ3v) is 5.82. The molecule has 0 saturated carbocycles. The molecule has 2 aromatic heterocycles. The lowest BCUT2D eigenvalue weighted by atomic mass is 10.1. The van der Waals surface area contributed by atoms with E-state index in [-0.39, 0.29) is 42.4 Å². The Labute approximate surface area is 208 Å². The number of rotatable bonds is 8. The summed E-state index contributed by atoms with van der Waals surface area (Å²) in [4.78, 5) is 44.9. The van der Waals surface area contributed by atoms with Crippen LogP contribution in [0.3, 0.4) is 0 Å². The highest BCUT2D eigenvalue weighted by Crippen LogP contribution is 2.25. The summed E-state index contributed by atoms with van der Waals surface area (Å²) in [7, 11) is 1.28. The zero-order valence-corrected chi connectivity index (χ0v) is 20.0. The quantitative estimate of drug-likeness (QED) is 0.354. The van der Waals surface area contributed by atoms with E-state index in [2.05, 4.69) is 11.6 Å². The van der Waals surface area contributed by atoms with Crippen LogP contribution in [0, 0.1) is 0 Å². The number of ether oxygens (including phenoxy) is 3. The molecule has 36 heavy (non-hydrogen) atoms.